The number of fused-ring (bicyclic) bond motifs is 1. The van der Waals surface area contributed by atoms with Crippen molar-refractivity contribution < 1.29 is 18.7 Å². The van der Waals surface area contributed by atoms with Crippen molar-refractivity contribution in [1.29, 1.82) is 0 Å². The van der Waals surface area contributed by atoms with Crippen LogP contribution in [0.1, 0.15) is 38.8 Å². The summed E-state index contributed by atoms with van der Waals surface area (Å²) < 4.78 is 24.5. The maximum Gasteiger partial charge on any atom is 0.261 e. The predicted molar refractivity (Wildman–Crippen MR) is 93.1 cm³/mol. The largest absolute Gasteiger partial charge is 0.487 e. The maximum absolute atomic E-state index is 13.0. The molecule has 0 saturated heterocycles. The maximum atomic E-state index is 13.0. The summed E-state index contributed by atoms with van der Waals surface area (Å²) in [5.74, 6) is 0.681. The van der Waals surface area contributed by atoms with Gasteiger partial charge in [0.1, 0.15) is 22.9 Å². The molecule has 0 radical (unpaired) electrons. The summed E-state index contributed by atoms with van der Waals surface area (Å²) >= 11 is 0. The minimum atomic E-state index is -0.691. The van der Waals surface area contributed by atoms with Crippen molar-refractivity contribution in [2.75, 3.05) is 0 Å². The number of hydrogen-bond donors (Lipinski definition) is 1. The lowest BCUT2D eigenvalue weighted by Gasteiger charge is -2.38. The van der Waals surface area contributed by atoms with Crippen molar-refractivity contribution >= 4 is 5.91 Å². The van der Waals surface area contributed by atoms with Crippen LogP contribution in [0.2, 0.25) is 0 Å². The Morgan fingerprint density at radius 2 is 1.92 bits per heavy atom. The molecule has 5 heteroatoms. The first-order valence-electron chi connectivity index (χ1n) is 8.35. The molecule has 2 aromatic carbocycles. The number of ether oxygens (including phenoxy) is 2. The number of amides is 1. The van der Waals surface area contributed by atoms with Gasteiger partial charge >= 0.3 is 0 Å². The van der Waals surface area contributed by atoms with Gasteiger partial charge in [0.2, 0.25) is 0 Å². The number of carbonyl (C=O) groups excluding carboxylic acids is 1. The summed E-state index contributed by atoms with van der Waals surface area (Å²) in [5.41, 5.74) is 0.594. The minimum Gasteiger partial charge on any atom is -0.487 e. The van der Waals surface area contributed by atoms with E-state index in [0.29, 0.717) is 12.2 Å². The minimum absolute atomic E-state index is 0.147. The molecule has 0 aromatic heterocycles. The zero-order valence-corrected chi connectivity index (χ0v) is 14.6. The molecule has 2 aromatic rings. The van der Waals surface area contributed by atoms with Crippen LogP contribution < -0.4 is 14.8 Å². The van der Waals surface area contributed by atoms with Crippen molar-refractivity contribution in [2.45, 2.75) is 44.9 Å². The fraction of sp³-hybridized carbons (Fsp3) is 0.350. The molecule has 25 heavy (non-hydrogen) atoms. The van der Waals surface area contributed by atoms with Gasteiger partial charge in [-0.05, 0) is 51.1 Å². The van der Waals surface area contributed by atoms with Crippen molar-refractivity contribution in [3.63, 3.8) is 0 Å². The van der Waals surface area contributed by atoms with Crippen LogP contribution in [-0.4, -0.2) is 17.6 Å². The lowest BCUT2D eigenvalue weighted by molar-refractivity contribution is -0.128. The second-order valence-electron chi connectivity index (χ2n) is 6.88. The number of halogens is 1. The van der Waals surface area contributed by atoms with E-state index >= 15 is 0 Å². The van der Waals surface area contributed by atoms with Gasteiger partial charge in [0.15, 0.2) is 6.10 Å². The van der Waals surface area contributed by atoms with Gasteiger partial charge in [-0.2, -0.15) is 0 Å². The summed E-state index contributed by atoms with van der Waals surface area (Å²) in [6.45, 7) is 5.68. The molecule has 0 unspecified atom stereocenters. The topological polar surface area (TPSA) is 47.6 Å². The molecule has 0 fully saturated rings. The molecule has 0 bridgehead atoms. The Hall–Kier alpha value is -2.56. The zero-order valence-electron chi connectivity index (χ0n) is 14.6. The van der Waals surface area contributed by atoms with E-state index in [-0.39, 0.29) is 23.4 Å². The lowest BCUT2D eigenvalue weighted by atomic mass is 9.89. The van der Waals surface area contributed by atoms with Crippen LogP contribution in [-0.2, 0) is 4.79 Å². The van der Waals surface area contributed by atoms with Crippen LogP contribution in [0.5, 0.6) is 11.5 Å². The highest BCUT2D eigenvalue weighted by atomic mass is 19.1. The van der Waals surface area contributed by atoms with Crippen LogP contribution in [0.4, 0.5) is 4.39 Å². The Morgan fingerprint density at radius 3 is 2.64 bits per heavy atom. The van der Waals surface area contributed by atoms with Crippen molar-refractivity contribution in [2.24, 2.45) is 0 Å². The third kappa shape index (κ3) is 4.10. The Kier molecular flexibility index (Phi) is 4.66. The summed E-state index contributed by atoms with van der Waals surface area (Å²) in [4.78, 5) is 12.6. The zero-order chi connectivity index (χ0) is 18.0. The number of para-hydroxylation sites is 1. The highest BCUT2D eigenvalue weighted by Gasteiger charge is 2.35. The average Bonchev–Trinajstić information content (AvgIpc) is 2.56. The smallest absolute Gasteiger partial charge is 0.261 e. The highest BCUT2D eigenvalue weighted by molar-refractivity contribution is 5.81. The standard InChI is InChI=1S/C20H22FNO3/c1-13(24-15-10-8-14(21)9-11-15)19(23)22-17-12-20(2,3)25-18-7-5-4-6-16(17)18/h4-11,13,17H,12H2,1-3H3,(H,22,23)/t13-,17-/m1/s1. The third-order valence-corrected chi connectivity index (χ3v) is 4.19. The van der Waals surface area contributed by atoms with E-state index in [1.54, 1.807) is 6.92 Å². The molecular weight excluding hydrogens is 321 g/mol. The van der Waals surface area contributed by atoms with E-state index in [1.807, 2.05) is 38.1 Å². The van der Waals surface area contributed by atoms with E-state index < -0.39 is 6.10 Å². The van der Waals surface area contributed by atoms with Crippen molar-refractivity contribution in [3.05, 3.63) is 59.9 Å². The number of hydrogen-bond acceptors (Lipinski definition) is 3. The fourth-order valence-electron chi connectivity index (χ4n) is 2.99. The summed E-state index contributed by atoms with van der Waals surface area (Å²) in [6.07, 6.45) is -0.0254. The van der Waals surface area contributed by atoms with Gasteiger partial charge < -0.3 is 14.8 Å². The molecule has 1 aliphatic rings. The predicted octanol–water partition coefficient (Wildman–Crippen LogP) is 4.01. The van der Waals surface area contributed by atoms with Gasteiger partial charge in [-0.25, -0.2) is 4.39 Å². The van der Waals surface area contributed by atoms with Crippen molar-refractivity contribution in [3.8, 4) is 11.5 Å². The Bertz CT molecular complexity index is 758. The van der Waals surface area contributed by atoms with Crippen LogP contribution in [0.25, 0.3) is 0 Å². The number of benzene rings is 2. The molecule has 1 aliphatic heterocycles. The van der Waals surface area contributed by atoms with E-state index in [4.69, 9.17) is 9.47 Å². The van der Waals surface area contributed by atoms with E-state index in [1.165, 1.54) is 24.3 Å². The Morgan fingerprint density at radius 1 is 1.24 bits per heavy atom. The molecule has 4 nitrogen and oxygen atoms in total. The molecule has 3 rings (SSSR count). The number of nitrogens with one attached hydrogen (secondary N) is 1. The number of rotatable bonds is 4. The van der Waals surface area contributed by atoms with Gasteiger partial charge in [0, 0.05) is 12.0 Å². The van der Waals surface area contributed by atoms with Gasteiger partial charge in [0.05, 0.1) is 6.04 Å². The molecule has 0 aliphatic carbocycles. The highest BCUT2D eigenvalue weighted by Crippen LogP contribution is 2.39. The Balaban J connectivity index is 1.70. The van der Waals surface area contributed by atoms with Gasteiger partial charge in [-0.1, -0.05) is 18.2 Å². The second-order valence-corrected chi connectivity index (χ2v) is 6.88. The van der Waals surface area contributed by atoms with Crippen LogP contribution in [0.3, 0.4) is 0 Å². The average molecular weight is 343 g/mol. The molecule has 132 valence electrons. The van der Waals surface area contributed by atoms with Crippen LogP contribution in [0.15, 0.2) is 48.5 Å². The van der Waals surface area contributed by atoms with Gasteiger partial charge in [0.25, 0.3) is 5.91 Å². The normalized spacial score (nSPS) is 19.3. The molecule has 0 spiro atoms. The fourth-order valence-corrected chi connectivity index (χ4v) is 2.99. The molecule has 1 N–H and O–H groups in total. The third-order valence-electron chi connectivity index (χ3n) is 4.19. The first-order chi connectivity index (χ1) is 11.8. The van der Waals surface area contributed by atoms with Gasteiger partial charge in [-0.15, -0.1) is 0 Å². The molecular formula is C20H22FNO3. The van der Waals surface area contributed by atoms with Crippen LogP contribution in [0, 0.1) is 5.82 Å². The van der Waals surface area contributed by atoms with E-state index in [2.05, 4.69) is 5.32 Å². The van der Waals surface area contributed by atoms with E-state index in [9.17, 15) is 9.18 Å². The first-order valence-corrected chi connectivity index (χ1v) is 8.35. The molecule has 1 heterocycles. The van der Waals surface area contributed by atoms with Crippen LogP contribution >= 0.6 is 0 Å². The summed E-state index contributed by atoms with van der Waals surface area (Å²) in [6, 6.07) is 13.2. The Labute approximate surface area is 147 Å². The summed E-state index contributed by atoms with van der Waals surface area (Å²) in [5, 5.41) is 3.04. The van der Waals surface area contributed by atoms with E-state index in [0.717, 1.165) is 11.3 Å². The SMILES string of the molecule is C[C@@H](Oc1ccc(F)cc1)C(=O)N[C@@H]1CC(C)(C)Oc2ccccc21. The van der Waals surface area contributed by atoms with Crippen molar-refractivity contribution in [1.82, 2.24) is 5.32 Å². The second kappa shape index (κ2) is 6.75. The lowest BCUT2D eigenvalue weighted by Crippen LogP contribution is -2.44. The quantitative estimate of drug-likeness (QED) is 0.912. The molecule has 2 atom stereocenters. The molecule has 0 saturated carbocycles. The summed E-state index contributed by atoms with van der Waals surface area (Å²) in [7, 11) is 0. The monoisotopic (exact) mass is 343 g/mol. The number of carbonyl (C=O) groups is 1. The van der Waals surface area contributed by atoms with Gasteiger partial charge in [-0.3, -0.25) is 4.79 Å². The molecule has 1 amide bonds. The first kappa shape index (κ1) is 17.3.